The standard InChI is InChI=1S/C22H21N5O2S2/c1-15-24-25-22(31-15)30-14-17-16-6-2-3-7-18(16)29-20(17)21(28)27-12-10-26(11-13-27)19-8-4-5-9-23-19/h2-9H,10-14H2,1H3. The highest BCUT2D eigenvalue weighted by Crippen LogP contribution is 2.34. The van der Waals surface area contributed by atoms with Crippen LogP contribution in [0, 0.1) is 6.92 Å². The van der Waals surface area contributed by atoms with Crippen molar-refractivity contribution in [2.45, 2.75) is 17.0 Å². The van der Waals surface area contributed by atoms with Gasteiger partial charge in [0.25, 0.3) is 5.91 Å². The number of rotatable bonds is 5. The highest BCUT2D eigenvalue weighted by molar-refractivity contribution is 8.00. The summed E-state index contributed by atoms with van der Waals surface area (Å²) in [7, 11) is 0. The minimum absolute atomic E-state index is 0.0547. The van der Waals surface area contributed by atoms with E-state index in [0.29, 0.717) is 24.6 Å². The van der Waals surface area contributed by atoms with Crippen LogP contribution in [0.3, 0.4) is 0 Å². The van der Waals surface area contributed by atoms with Crippen molar-refractivity contribution in [1.29, 1.82) is 0 Å². The van der Waals surface area contributed by atoms with Gasteiger partial charge in [-0.1, -0.05) is 47.4 Å². The van der Waals surface area contributed by atoms with Crippen molar-refractivity contribution in [2.24, 2.45) is 0 Å². The van der Waals surface area contributed by atoms with Crippen LogP contribution in [0.2, 0.25) is 0 Å². The number of nitrogens with zero attached hydrogens (tertiary/aromatic N) is 5. The first-order chi connectivity index (χ1) is 15.2. The van der Waals surface area contributed by atoms with Crippen LogP contribution in [0.4, 0.5) is 5.82 Å². The first kappa shape index (κ1) is 20.0. The summed E-state index contributed by atoms with van der Waals surface area (Å²) in [6, 6.07) is 13.7. The second-order valence-corrected chi connectivity index (χ2v) is 9.65. The average molecular weight is 452 g/mol. The first-order valence-electron chi connectivity index (χ1n) is 10.1. The number of aryl methyl sites for hydroxylation is 1. The Bertz CT molecular complexity index is 1200. The van der Waals surface area contributed by atoms with Crippen LogP contribution in [0.5, 0.6) is 0 Å². The number of fused-ring (bicyclic) bond motifs is 1. The van der Waals surface area contributed by atoms with Crippen molar-refractivity contribution in [3.63, 3.8) is 0 Å². The second kappa shape index (κ2) is 8.68. The number of hydrogen-bond donors (Lipinski definition) is 0. The Balaban J connectivity index is 1.36. The molecule has 0 spiro atoms. The molecule has 0 atom stereocenters. The van der Waals surface area contributed by atoms with Crippen LogP contribution in [0.25, 0.3) is 11.0 Å². The number of furan rings is 1. The molecule has 1 aromatic carbocycles. The van der Waals surface area contributed by atoms with Crippen LogP contribution in [0.15, 0.2) is 57.4 Å². The molecule has 158 valence electrons. The fourth-order valence-corrected chi connectivity index (χ4v) is 5.55. The van der Waals surface area contributed by atoms with Gasteiger partial charge < -0.3 is 14.2 Å². The number of piperazine rings is 1. The highest BCUT2D eigenvalue weighted by atomic mass is 32.2. The number of thioether (sulfide) groups is 1. The Morgan fingerprint density at radius 3 is 2.65 bits per heavy atom. The molecule has 9 heteroatoms. The summed E-state index contributed by atoms with van der Waals surface area (Å²) in [4.78, 5) is 21.9. The molecule has 5 rings (SSSR count). The number of anilines is 1. The second-order valence-electron chi connectivity index (χ2n) is 7.25. The van der Waals surface area contributed by atoms with Crippen LogP contribution in [-0.4, -0.2) is 52.2 Å². The smallest absolute Gasteiger partial charge is 0.290 e. The molecular formula is C22H21N5O2S2. The third-order valence-electron chi connectivity index (χ3n) is 5.28. The lowest BCUT2D eigenvalue weighted by molar-refractivity contribution is 0.0715. The third kappa shape index (κ3) is 4.15. The molecule has 0 unspecified atom stereocenters. The molecule has 1 aliphatic heterocycles. The Morgan fingerprint density at radius 1 is 1.10 bits per heavy atom. The first-order valence-corrected chi connectivity index (χ1v) is 11.9. The van der Waals surface area contributed by atoms with Crippen molar-refractivity contribution in [3.8, 4) is 0 Å². The molecule has 1 saturated heterocycles. The quantitative estimate of drug-likeness (QED) is 0.420. The lowest BCUT2D eigenvalue weighted by Crippen LogP contribution is -2.49. The maximum atomic E-state index is 13.4. The normalized spacial score (nSPS) is 14.4. The Labute approximate surface area is 188 Å². The molecule has 7 nitrogen and oxygen atoms in total. The maximum absolute atomic E-state index is 13.4. The number of amides is 1. The van der Waals surface area contributed by atoms with Crippen LogP contribution < -0.4 is 4.90 Å². The molecule has 4 aromatic rings. The molecule has 3 aromatic heterocycles. The van der Waals surface area contributed by atoms with E-state index in [4.69, 9.17) is 4.42 Å². The van der Waals surface area contributed by atoms with E-state index in [1.54, 1.807) is 29.3 Å². The van der Waals surface area contributed by atoms with Crippen molar-refractivity contribution in [3.05, 3.63) is 65.0 Å². The monoisotopic (exact) mass is 451 g/mol. The molecular weight excluding hydrogens is 430 g/mol. The molecule has 0 N–H and O–H groups in total. The zero-order valence-electron chi connectivity index (χ0n) is 17.0. The van der Waals surface area contributed by atoms with Gasteiger partial charge in [0.15, 0.2) is 10.1 Å². The van der Waals surface area contributed by atoms with Gasteiger partial charge in [0, 0.05) is 49.1 Å². The van der Waals surface area contributed by atoms with E-state index in [9.17, 15) is 4.79 Å². The van der Waals surface area contributed by atoms with E-state index in [0.717, 1.165) is 44.8 Å². The van der Waals surface area contributed by atoms with Crippen molar-refractivity contribution < 1.29 is 9.21 Å². The molecule has 0 bridgehead atoms. The van der Waals surface area contributed by atoms with Crippen LogP contribution in [-0.2, 0) is 5.75 Å². The van der Waals surface area contributed by atoms with E-state index in [2.05, 4.69) is 20.1 Å². The van der Waals surface area contributed by atoms with E-state index in [1.807, 2.05) is 54.3 Å². The van der Waals surface area contributed by atoms with Gasteiger partial charge in [0.1, 0.15) is 16.4 Å². The maximum Gasteiger partial charge on any atom is 0.290 e. The molecule has 4 heterocycles. The van der Waals surface area contributed by atoms with Crippen molar-refractivity contribution >= 4 is 45.8 Å². The molecule has 31 heavy (non-hydrogen) atoms. The third-order valence-corrected chi connectivity index (χ3v) is 7.28. The number of hydrogen-bond acceptors (Lipinski definition) is 8. The zero-order chi connectivity index (χ0) is 21.2. The van der Waals surface area contributed by atoms with Gasteiger partial charge in [0.2, 0.25) is 0 Å². The molecule has 1 fully saturated rings. The molecule has 0 saturated carbocycles. The Hall–Kier alpha value is -2.91. The SMILES string of the molecule is Cc1nnc(SCc2c(C(=O)N3CCN(c4ccccn4)CC3)oc3ccccc23)s1. The number of para-hydroxylation sites is 1. The minimum atomic E-state index is -0.0547. The van der Waals surface area contributed by atoms with E-state index >= 15 is 0 Å². The van der Waals surface area contributed by atoms with Crippen LogP contribution in [0.1, 0.15) is 21.1 Å². The largest absolute Gasteiger partial charge is 0.451 e. The number of pyridine rings is 1. The summed E-state index contributed by atoms with van der Waals surface area (Å²) < 4.78 is 6.95. The van der Waals surface area contributed by atoms with Gasteiger partial charge >= 0.3 is 0 Å². The highest BCUT2D eigenvalue weighted by Gasteiger charge is 2.28. The average Bonchev–Trinajstić information content (AvgIpc) is 3.41. The van der Waals surface area contributed by atoms with Crippen LogP contribution >= 0.6 is 23.1 Å². The molecule has 1 aliphatic rings. The number of benzene rings is 1. The number of aromatic nitrogens is 3. The van der Waals surface area contributed by atoms with Gasteiger partial charge in [-0.2, -0.15) is 0 Å². The Kier molecular flexibility index (Phi) is 5.61. The summed E-state index contributed by atoms with van der Waals surface area (Å²) in [6.45, 7) is 4.70. The topological polar surface area (TPSA) is 75.4 Å². The minimum Gasteiger partial charge on any atom is -0.451 e. The fourth-order valence-electron chi connectivity index (χ4n) is 3.71. The van der Waals surface area contributed by atoms with Gasteiger partial charge in [-0.3, -0.25) is 4.79 Å². The van der Waals surface area contributed by atoms with Crippen molar-refractivity contribution in [1.82, 2.24) is 20.1 Å². The van der Waals surface area contributed by atoms with Gasteiger partial charge in [-0.25, -0.2) is 4.98 Å². The summed E-state index contributed by atoms with van der Waals surface area (Å²) in [5, 5.41) is 10.2. The van der Waals surface area contributed by atoms with E-state index in [-0.39, 0.29) is 5.91 Å². The van der Waals surface area contributed by atoms with Gasteiger partial charge in [-0.15, -0.1) is 10.2 Å². The zero-order valence-corrected chi connectivity index (χ0v) is 18.7. The summed E-state index contributed by atoms with van der Waals surface area (Å²) in [5.74, 6) is 1.94. The number of carbonyl (C=O) groups is 1. The van der Waals surface area contributed by atoms with Gasteiger partial charge in [0.05, 0.1) is 0 Å². The lowest BCUT2D eigenvalue weighted by Gasteiger charge is -2.35. The summed E-state index contributed by atoms with van der Waals surface area (Å²) in [5.41, 5.74) is 1.66. The number of carbonyl (C=O) groups excluding carboxylic acids is 1. The summed E-state index contributed by atoms with van der Waals surface area (Å²) in [6.07, 6.45) is 1.80. The fraction of sp³-hybridized carbons (Fsp3) is 0.273. The van der Waals surface area contributed by atoms with Gasteiger partial charge in [-0.05, 0) is 25.1 Å². The van der Waals surface area contributed by atoms with E-state index in [1.165, 1.54) is 0 Å². The molecule has 1 amide bonds. The van der Waals surface area contributed by atoms with E-state index < -0.39 is 0 Å². The summed E-state index contributed by atoms with van der Waals surface area (Å²) >= 11 is 3.15. The predicted molar refractivity (Wildman–Crippen MR) is 123 cm³/mol. The predicted octanol–water partition coefficient (Wildman–Crippen LogP) is 4.24. The van der Waals surface area contributed by atoms with Crippen molar-refractivity contribution in [2.75, 3.05) is 31.1 Å². The molecule has 0 aliphatic carbocycles. The lowest BCUT2D eigenvalue weighted by atomic mass is 10.1. The molecule has 0 radical (unpaired) electrons. The Morgan fingerprint density at radius 2 is 1.90 bits per heavy atom.